The number of hydrogen-bond donors (Lipinski definition) is 2. The third kappa shape index (κ3) is 1.29. The summed E-state index contributed by atoms with van der Waals surface area (Å²) in [5, 5.41) is 18.3. The first-order valence-electron chi connectivity index (χ1n) is 4.69. The molecule has 0 saturated heterocycles. The Morgan fingerprint density at radius 2 is 2.58 bits per heavy atom. The highest BCUT2D eigenvalue weighted by Gasteiger charge is 2.09. The Morgan fingerprint density at radius 3 is 3.08 bits per heavy atom. The number of aromatic hydroxyl groups is 1. The zero-order valence-electron chi connectivity index (χ0n) is 9.11. The fourth-order valence-electron chi connectivity index (χ4n) is 0.810. The Bertz CT molecular complexity index is 389. The van der Waals surface area contributed by atoms with Crippen molar-refractivity contribution >= 4 is 6.29 Å². The molecule has 0 spiro atoms. The van der Waals surface area contributed by atoms with Gasteiger partial charge in [-0.1, -0.05) is 0 Å². The van der Waals surface area contributed by atoms with E-state index in [1.807, 2.05) is 0 Å². The van der Waals surface area contributed by atoms with Gasteiger partial charge in [0.15, 0.2) is 6.29 Å². The van der Waals surface area contributed by atoms with Crippen molar-refractivity contribution in [2.75, 3.05) is 0 Å². The third-order valence-electron chi connectivity index (χ3n) is 1.46. The monoisotopic (exact) mass is 170 g/mol. The van der Waals surface area contributed by atoms with Crippen molar-refractivity contribution in [1.29, 1.82) is 0 Å². The Morgan fingerprint density at radius 1 is 1.83 bits per heavy atom. The van der Waals surface area contributed by atoms with Crippen LogP contribution < -0.4 is 0 Å². The van der Waals surface area contributed by atoms with Crippen LogP contribution in [0, 0.1) is 6.85 Å². The van der Waals surface area contributed by atoms with Crippen molar-refractivity contribution in [3.05, 3.63) is 23.0 Å². The number of aromatic nitrogens is 1. The van der Waals surface area contributed by atoms with Crippen molar-refractivity contribution < 1.29 is 19.1 Å². The highest BCUT2D eigenvalue weighted by atomic mass is 16.3. The molecule has 4 nitrogen and oxygen atoms in total. The number of aliphatic hydroxyl groups is 1. The van der Waals surface area contributed by atoms with Gasteiger partial charge in [-0.2, -0.15) is 0 Å². The van der Waals surface area contributed by atoms with Gasteiger partial charge in [-0.25, -0.2) is 0 Å². The van der Waals surface area contributed by atoms with Crippen LogP contribution in [-0.2, 0) is 6.61 Å². The first-order valence-corrected chi connectivity index (χ1v) is 3.19. The van der Waals surface area contributed by atoms with Crippen LogP contribution in [-0.4, -0.2) is 21.5 Å². The van der Waals surface area contributed by atoms with Gasteiger partial charge in [0.2, 0.25) is 0 Å². The number of hydrogen-bond acceptors (Lipinski definition) is 4. The molecular weight excluding hydrogens is 158 g/mol. The van der Waals surface area contributed by atoms with Crippen LogP contribution in [0.5, 0.6) is 5.75 Å². The van der Waals surface area contributed by atoms with E-state index in [0.717, 1.165) is 6.20 Å². The molecule has 1 aromatic rings. The molecule has 0 unspecified atom stereocenters. The summed E-state index contributed by atoms with van der Waals surface area (Å²) in [4.78, 5) is 14.1. The van der Waals surface area contributed by atoms with Gasteiger partial charge in [0.1, 0.15) is 5.75 Å². The molecule has 0 aliphatic heterocycles. The molecule has 0 aliphatic rings. The Kier molecular flexibility index (Phi) is 1.46. The maximum absolute atomic E-state index is 10.6. The van der Waals surface area contributed by atoms with Crippen LogP contribution in [0.25, 0.3) is 0 Å². The second-order valence-electron chi connectivity index (χ2n) is 2.17. The van der Waals surface area contributed by atoms with Crippen LogP contribution in [0.4, 0.5) is 0 Å². The van der Waals surface area contributed by atoms with Gasteiger partial charge in [-0.15, -0.1) is 0 Å². The number of aryl methyl sites for hydroxylation is 1. The number of nitrogens with zero attached hydrogens (tertiary/aromatic N) is 1. The van der Waals surface area contributed by atoms with E-state index in [0.29, 0.717) is 0 Å². The number of pyridine rings is 1. The molecule has 1 heterocycles. The molecule has 0 aromatic carbocycles. The lowest BCUT2D eigenvalue weighted by molar-refractivity contribution is 0.111. The molecule has 0 atom stereocenters. The normalized spacial score (nSPS) is 14.6. The van der Waals surface area contributed by atoms with Gasteiger partial charge in [0.05, 0.1) is 17.9 Å². The van der Waals surface area contributed by atoms with E-state index in [1.54, 1.807) is 0 Å². The summed E-state index contributed by atoms with van der Waals surface area (Å²) in [7, 11) is 0. The second-order valence-corrected chi connectivity index (χ2v) is 2.17. The molecule has 0 radical (unpaired) electrons. The third-order valence-corrected chi connectivity index (χ3v) is 1.46. The molecule has 0 saturated carbocycles. The summed E-state index contributed by atoms with van der Waals surface area (Å²) >= 11 is 0. The SMILES string of the molecule is [2H]C([2H])([2H])c1ncc(CO)c(C=O)c1O. The number of carbonyl (C=O) groups excluding carboxylic acids is 1. The number of aliphatic hydroxyl groups excluding tert-OH is 1. The predicted molar refractivity (Wildman–Crippen MR) is 41.9 cm³/mol. The zero-order chi connectivity index (χ0) is 11.6. The molecule has 0 fully saturated rings. The molecule has 0 bridgehead atoms. The van der Waals surface area contributed by atoms with Crippen molar-refractivity contribution in [3.8, 4) is 5.75 Å². The number of aldehydes is 1. The largest absolute Gasteiger partial charge is 0.505 e. The molecule has 12 heavy (non-hydrogen) atoms. The highest BCUT2D eigenvalue weighted by Crippen LogP contribution is 2.21. The molecule has 2 N–H and O–H groups in total. The Balaban J connectivity index is 3.42. The topological polar surface area (TPSA) is 70.4 Å². The van der Waals surface area contributed by atoms with Gasteiger partial charge in [-0.05, 0) is 6.85 Å². The van der Waals surface area contributed by atoms with E-state index < -0.39 is 24.9 Å². The Labute approximate surface area is 73.7 Å². The minimum absolute atomic E-state index is 0.0931. The summed E-state index contributed by atoms with van der Waals surface area (Å²) in [6.07, 6.45) is 1.35. The average Bonchev–Trinajstić information content (AvgIpc) is 2.15. The van der Waals surface area contributed by atoms with Crippen molar-refractivity contribution in [2.24, 2.45) is 0 Å². The first kappa shape index (κ1) is 5.27. The smallest absolute Gasteiger partial charge is 0.154 e. The lowest BCUT2D eigenvalue weighted by Crippen LogP contribution is -1.96. The number of rotatable bonds is 2. The maximum atomic E-state index is 10.6. The zero-order valence-corrected chi connectivity index (χ0v) is 6.11. The van der Waals surface area contributed by atoms with Gasteiger partial charge >= 0.3 is 0 Å². The highest BCUT2D eigenvalue weighted by molar-refractivity contribution is 5.81. The van der Waals surface area contributed by atoms with E-state index >= 15 is 0 Å². The summed E-state index contributed by atoms with van der Waals surface area (Å²) in [5.41, 5.74) is -0.684. The van der Waals surface area contributed by atoms with Gasteiger partial charge < -0.3 is 10.2 Å². The lowest BCUT2D eigenvalue weighted by Gasteiger charge is -2.04. The van der Waals surface area contributed by atoms with Crippen LogP contribution in [0.15, 0.2) is 6.20 Å². The molecule has 4 heteroatoms. The first-order chi connectivity index (χ1) is 6.91. The van der Waals surface area contributed by atoms with Crippen LogP contribution in [0.2, 0.25) is 0 Å². The predicted octanol–water partition coefficient (Wildman–Crippen LogP) is 0.400. The Hall–Kier alpha value is -1.42. The standard InChI is InChI=1S/C8H9NO3/c1-5-8(12)7(4-11)6(3-10)2-9-5/h2,4,10,12H,3H2,1H3/i1D3. The summed E-state index contributed by atoms with van der Waals surface area (Å²) in [6.45, 7) is -3.08. The maximum Gasteiger partial charge on any atom is 0.154 e. The van der Waals surface area contributed by atoms with Gasteiger partial charge in [0.25, 0.3) is 0 Å². The summed E-state index contributed by atoms with van der Waals surface area (Å²) in [5.74, 6) is -0.698. The summed E-state index contributed by atoms with van der Waals surface area (Å²) < 4.78 is 21.1. The molecule has 0 aliphatic carbocycles. The molecular formula is C8H9NO3. The second kappa shape index (κ2) is 3.32. The fourth-order valence-corrected chi connectivity index (χ4v) is 0.810. The minimum Gasteiger partial charge on any atom is -0.505 e. The van der Waals surface area contributed by atoms with Crippen LogP contribution in [0.3, 0.4) is 0 Å². The average molecular weight is 170 g/mol. The van der Waals surface area contributed by atoms with E-state index in [1.165, 1.54) is 0 Å². The van der Waals surface area contributed by atoms with Crippen molar-refractivity contribution in [2.45, 2.75) is 13.5 Å². The quantitative estimate of drug-likeness (QED) is 0.630. The molecule has 1 aromatic heterocycles. The molecule has 64 valence electrons. The van der Waals surface area contributed by atoms with E-state index in [-0.39, 0.29) is 17.4 Å². The lowest BCUT2D eigenvalue weighted by atomic mass is 10.1. The van der Waals surface area contributed by atoms with Crippen molar-refractivity contribution in [3.63, 3.8) is 0 Å². The fraction of sp³-hybridized carbons (Fsp3) is 0.250. The van der Waals surface area contributed by atoms with Gasteiger partial charge in [0, 0.05) is 15.9 Å². The number of carbonyl (C=O) groups is 1. The van der Waals surface area contributed by atoms with Crippen LogP contribution >= 0.6 is 0 Å². The van der Waals surface area contributed by atoms with Crippen molar-refractivity contribution in [1.82, 2.24) is 4.98 Å². The molecule has 0 amide bonds. The van der Waals surface area contributed by atoms with Crippen LogP contribution in [0.1, 0.15) is 25.7 Å². The summed E-state index contributed by atoms with van der Waals surface area (Å²) in [6, 6.07) is 0. The van der Waals surface area contributed by atoms with E-state index in [9.17, 15) is 9.90 Å². The van der Waals surface area contributed by atoms with Gasteiger partial charge in [-0.3, -0.25) is 9.78 Å². The molecule has 1 rings (SSSR count). The minimum atomic E-state index is -2.59. The van der Waals surface area contributed by atoms with E-state index in [4.69, 9.17) is 9.22 Å². The van der Waals surface area contributed by atoms with E-state index in [2.05, 4.69) is 4.98 Å².